The lowest BCUT2D eigenvalue weighted by Gasteiger charge is -2.38. The first kappa shape index (κ1) is 26.8. The SMILES string of the molecule is CCCC(=O)Nc1cc(Br)cnc1N[C@H]1CC(C(=O)O)=C[C@@H](OC(CC)CC)[C@@H]1NC(C)=O. The first-order valence-corrected chi connectivity index (χ1v) is 12.1. The highest BCUT2D eigenvalue weighted by atomic mass is 79.9. The number of rotatable bonds is 11. The van der Waals surface area contributed by atoms with E-state index in [1.165, 1.54) is 6.92 Å². The summed E-state index contributed by atoms with van der Waals surface area (Å²) >= 11 is 3.37. The Balaban J connectivity index is 2.41. The molecular weight excluding hydrogens is 492 g/mol. The summed E-state index contributed by atoms with van der Waals surface area (Å²) in [6.45, 7) is 7.33. The van der Waals surface area contributed by atoms with Gasteiger partial charge in [-0.1, -0.05) is 20.8 Å². The second-order valence-corrected chi connectivity index (χ2v) is 8.98. The molecule has 0 spiro atoms. The average molecular weight is 525 g/mol. The smallest absolute Gasteiger partial charge is 0.331 e. The quantitative estimate of drug-likeness (QED) is 0.345. The summed E-state index contributed by atoms with van der Waals surface area (Å²) in [6.07, 6.45) is 5.18. The van der Waals surface area contributed by atoms with Crippen LogP contribution >= 0.6 is 15.9 Å². The summed E-state index contributed by atoms with van der Waals surface area (Å²) < 4.78 is 6.89. The number of carbonyl (C=O) groups is 3. The normalized spacial score (nSPS) is 20.2. The zero-order valence-electron chi connectivity index (χ0n) is 19.5. The molecule has 0 fully saturated rings. The number of hydrogen-bond acceptors (Lipinski definition) is 6. The van der Waals surface area contributed by atoms with Gasteiger partial charge < -0.3 is 25.8 Å². The Bertz CT molecular complexity index is 888. The monoisotopic (exact) mass is 524 g/mol. The summed E-state index contributed by atoms with van der Waals surface area (Å²) in [6, 6.07) is 0.668. The van der Waals surface area contributed by atoms with Gasteiger partial charge in [0.25, 0.3) is 0 Å². The van der Waals surface area contributed by atoms with Crippen molar-refractivity contribution in [2.24, 2.45) is 0 Å². The number of pyridine rings is 1. The van der Waals surface area contributed by atoms with Crippen LogP contribution in [0.4, 0.5) is 11.5 Å². The highest BCUT2D eigenvalue weighted by Crippen LogP contribution is 2.30. The van der Waals surface area contributed by atoms with Crippen molar-refractivity contribution in [2.45, 2.75) is 84.1 Å². The van der Waals surface area contributed by atoms with Crippen LogP contribution in [0.5, 0.6) is 0 Å². The molecule has 33 heavy (non-hydrogen) atoms. The van der Waals surface area contributed by atoms with Crippen molar-refractivity contribution in [1.82, 2.24) is 10.3 Å². The van der Waals surface area contributed by atoms with Crippen molar-refractivity contribution in [2.75, 3.05) is 10.6 Å². The lowest BCUT2D eigenvalue weighted by molar-refractivity contribution is -0.133. The predicted octanol–water partition coefficient (Wildman–Crippen LogP) is 3.86. The van der Waals surface area contributed by atoms with Crippen LogP contribution in [0, 0.1) is 0 Å². The van der Waals surface area contributed by atoms with Crippen LogP contribution in [0.1, 0.15) is 59.8 Å². The summed E-state index contributed by atoms with van der Waals surface area (Å²) in [7, 11) is 0. The van der Waals surface area contributed by atoms with Gasteiger partial charge in [-0.25, -0.2) is 9.78 Å². The van der Waals surface area contributed by atoms with Crippen LogP contribution in [0.15, 0.2) is 28.4 Å². The van der Waals surface area contributed by atoms with E-state index in [1.54, 1.807) is 18.3 Å². The molecule has 0 bridgehead atoms. The molecule has 1 aromatic heterocycles. The van der Waals surface area contributed by atoms with E-state index in [1.807, 2.05) is 20.8 Å². The van der Waals surface area contributed by atoms with Crippen molar-refractivity contribution in [3.63, 3.8) is 0 Å². The first-order chi connectivity index (χ1) is 15.7. The van der Waals surface area contributed by atoms with Crippen LogP contribution < -0.4 is 16.0 Å². The van der Waals surface area contributed by atoms with Gasteiger partial charge in [-0.2, -0.15) is 0 Å². The molecule has 1 heterocycles. The summed E-state index contributed by atoms with van der Waals surface area (Å²) in [4.78, 5) is 40.5. The van der Waals surface area contributed by atoms with Crippen LogP contribution in [-0.4, -0.2) is 52.2 Å². The average Bonchev–Trinajstić information content (AvgIpc) is 2.75. The number of ether oxygens (including phenoxy) is 1. The highest BCUT2D eigenvalue weighted by Gasteiger charge is 2.38. The van der Waals surface area contributed by atoms with Gasteiger partial charge in [-0.3, -0.25) is 9.59 Å². The zero-order chi connectivity index (χ0) is 24.5. The van der Waals surface area contributed by atoms with E-state index >= 15 is 0 Å². The van der Waals surface area contributed by atoms with Gasteiger partial charge in [0.2, 0.25) is 11.8 Å². The van der Waals surface area contributed by atoms with Crippen molar-refractivity contribution in [1.29, 1.82) is 0 Å². The number of halogens is 1. The lowest BCUT2D eigenvalue weighted by Crippen LogP contribution is -2.56. The van der Waals surface area contributed by atoms with Gasteiger partial charge in [0.15, 0.2) is 0 Å². The van der Waals surface area contributed by atoms with E-state index in [2.05, 4.69) is 36.9 Å². The third-order valence-electron chi connectivity index (χ3n) is 5.43. The molecular formula is C23H33BrN4O5. The number of aromatic nitrogens is 1. The summed E-state index contributed by atoms with van der Waals surface area (Å²) in [5.74, 6) is -1.06. The van der Waals surface area contributed by atoms with E-state index in [9.17, 15) is 19.5 Å². The molecule has 0 aromatic carbocycles. The predicted molar refractivity (Wildman–Crippen MR) is 130 cm³/mol. The van der Waals surface area contributed by atoms with E-state index in [4.69, 9.17) is 4.74 Å². The fourth-order valence-electron chi connectivity index (χ4n) is 3.77. The third-order valence-corrected chi connectivity index (χ3v) is 5.86. The van der Waals surface area contributed by atoms with Crippen molar-refractivity contribution >= 4 is 45.2 Å². The van der Waals surface area contributed by atoms with Gasteiger partial charge in [0.05, 0.1) is 30.0 Å². The maximum Gasteiger partial charge on any atom is 0.331 e. The van der Waals surface area contributed by atoms with E-state index < -0.39 is 24.2 Å². The topological polar surface area (TPSA) is 130 Å². The van der Waals surface area contributed by atoms with Crippen LogP contribution in [0.25, 0.3) is 0 Å². The number of hydrogen-bond donors (Lipinski definition) is 4. The first-order valence-electron chi connectivity index (χ1n) is 11.3. The molecule has 4 N–H and O–H groups in total. The molecule has 3 atom stereocenters. The molecule has 0 aliphatic heterocycles. The largest absolute Gasteiger partial charge is 0.478 e. The summed E-state index contributed by atoms with van der Waals surface area (Å²) in [5, 5.41) is 18.7. The Labute approximate surface area is 202 Å². The molecule has 2 rings (SSSR count). The van der Waals surface area contributed by atoms with Gasteiger partial charge in [-0.15, -0.1) is 0 Å². The zero-order valence-corrected chi connectivity index (χ0v) is 21.1. The number of nitrogens with one attached hydrogen (secondary N) is 3. The minimum absolute atomic E-state index is 0.0778. The standard InChI is InChI=1S/C23H33BrN4O5/c1-5-8-20(30)27-18-11-15(24)12-25-22(18)28-17-9-14(23(31)32)10-19(21(17)26-13(4)29)33-16(6-2)7-3/h10-12,16-17,19,21H,5-9H2,1-4H3,(H,25,28)(H,26,29)(H,27,30)(H,31,32)/t17-,19+,21+/m0/s1. The number of carboxylic acid groups (broad SMARTS) is 1. The minimum Gasteiger partial charge on any atom is -0.478 e. The highest BCUT2D eigenvalue weighted by molar-refractivity contribution is 9.10. The van der Waals surface area contributed by atoms with Gasteiger partial charge >= 0.3 is 5.97 Å². The maximum atomic E-state index is 12.2. The Kier molecular flexibility index (Phi) is 10.3. The molecule has 0 saturated heterocycles. The van der Waals surface area contributed by atoms with Gasteiger partial charge in [0.1, 0.15) is 5.82 Å². The Morgan fingerprint density at radius 2 is 1.97 bits per heavy atom. The number of aliphatic carboxylic acids is 1. The van der Waals surface area contributed by atoms with Gasteiger partial charge in [-0.05, 0) is 47.3 Å². The lowest BCUT2D eigenvalue weighted by atomic mass is 9.87. The minimum atomic E-state index is -1.04. The Morgan fingerprint density at radius 3 is 2.55 bits per heavy atom. The van der Waals surface area contributed by atoms with E-state index in [-0.39, 0.29) is 29.9 Å². The van der Waals surface area contributed by atoms with E-state index in [0.29, 0.717) is 28.8 Å². The molecule has 10 heteroatoms. The number of amides is 2. The molecule has 1 aliphatic rings. The summed E-state index contributed by atoms with van der Waals surface area (Å²) in [5.41, 5.74) is 0.659. The molecule has 0 unspecified atom stereocenters. The molecule has 9 nitrogen and oxygen atoms in total. The second kappa shape index (κ2) is 12.7. The fraction of sp³-hybridized carbons (Fsp3) is 0.565. The molecule has 0 saturated carbocycles. The van der Waals surface area contributed by atoms with Crippen LogP contribution in [0.2, 0.25) is 0 Å². The fourth-order valence-corrected chi connectivity index (χ4v) is 4.10. The molecule has 182 valence electrons. The maximum absolute atomic E-state index is 12.2. The van der Waals surface area contributed by atoms with Gasteiger partial charge in [0, 0.05) is 36.0 Å². The number of nitrogens with zero attached hydrogens (tertiary/aromatic N) is 1. The Hall–Kier alpha value is -2.46. The van der Waals surface area contributed by atoms with Crippen molar-refractivity contribution < 1.29 is 24.2 Å². The Morgan fingerprint density at radius 1 is 1.27 bits per heavy atom. The number of carbonyl (C=O) groups excluding carboxylic acids is 2. The molecule has 1 aromatic rings. The third kappa shape index (κ3) is 7.82. The molecule has 0 radical (unpaired) electrons. The van der Waals surface area contributed by atoms with Crippen LogP contribution in [-0.2, 0) is 19.1 Å². The molecule has 1 aliphatic carbocycles. The number of carboxylic acids is 1. The molecule has 2 amide bonds. The van der Waals surface area contributed by atoms with E-state index in [0.717, 1.165) is 12.8 Å². The van der Waals surface area contributed by atoms with Crippen molar-refractivity contribution in [3.05, 3.63) is 28.4 Å². The number of anilines is 2. The second-order valence-electron chi connectivity index (χ2n) is 8.07. The van der Waals surface area contributed by atoms with Crippen molar-refractivity contribution in [3.8, 4) is 0 Å². The van der Waals surface area contributed by atoms with Crippen LogP contribution in [0.3, 0.4) is 0 Å².